The topological polar surface area (TPSA) is 93.3 Å². The molecule has 0 saturated carbocycles. The second-order valence-electron chi connectivity index (χ2n) is 5.95. The zero-order chi connectivity index (χ0) is 18.5. The van der Waals surface area contributed by atoms with Crippen molar-refractivity contribution in [1.29, 1.82) is 0 Å². The fraction of sp³-hybridized carbons (Fsp3) is 0.389. The molecule has 0 saturated heterocycles. The molecule has 1 heterocycles. The quantitative estimate of drug-likeness (QED) is 0.595. The van der Waals surface area contributed by atoms with E-state index in [1.165, 1.54) is 11.8 Å². The summed E-state index contributed by atoms with van der Waals surface area (Å²) < 4.78 is 10.4. The summed E-state index contributed by atoms with van der Waals surface area (Å²) in [7, 11) is 3.11. The molecule has 1 aliphatic carbocycles. The molecule has 0 radical (unpaired) electrons. The summed E-state index contributed by atoms with van der Waals surface area (Å²) in [5.41, 5.74) is 2.26. The Bertz CT molecular complexity index is 844. The highest BCUT2D eigenvalue weighted by molar-refractivity contribution is 8.00. The number of methoxy groups -OCH3 is 2. The number of thioether (sulfide) groups is 1. The summed E-state index contributed by atoms with van der Waals surface area (Å²) in [5, 5.41) is 3.48. The molecule has 0 spiro atoms. The first-order chi connectivity index (χ1) is 12.6. The summed E-state index contributed by atoms with van der Waals surface area (Å²) in [4.78, 5) is 30.9. The Morgan fingerprint density at radius 1 is 1.19 bits per heavy atom. The van der Waals surface area contributed by atoms with E-state index in [1.54, 1.807) is 32.4 Å². The molecule has 2 aromatic rings. The van der Waals surface area contributed by atoms with Crippen LogP contribution in [-0.4, -0.2) is 35.8 Å². The van der Waals surface area contributed by atoms with Crippen LogP contribution in [0.3, 0.4) is 0 Å². The maximum absolute atomic E-state index is 12.3. The SMILES string of the molecule is COc1cc(NC(=O)CSc2nc(=O)[nH]c3c2CCCC3)cc(OC)c1. The van der Waals surface area contributed by atoms with Crippen molar-refractivity contribution in [3.05, 3.63) is 39.9 Å². The number of nitrogens with zero attached hydrogens (tertiary/aromatic N) is 1. The number of H-pyrrole nitrogens is 1. The Morgan fingerprint density at radius 3 is 2.58 bits per heavy atom. The van der Waals surface area contributed by atoms with Crippen molar-refractivity contribution in [2.24, 2.45) is 0 Å². The highest BCUT2D eigenvalue weighted by Crippen LogP contribution is 2.28. The molecule has 26 heavy (non-hydrogen) atoms. The van der Waals surface area contributed by atoms with E-state index in [0.717, 1.165) is 36.9 Å². The third kappa shape index (κ3) is 4.37. The molecule has 2 N–H and O–H groups in total. The molecule has 1 amide bonds. The normalized spacial score (nSPS) is 13.0. The van der Waals surface area contributed by atoms with Crippen LogP contribution in [0.25, 0.3) is 0 Å². The number of amides is 1. The number of rotatable bonds is 6. The average Bonchev–Trinajstić information content (AvgIpc) is 2.65. The molecule has 1 aromatic heterocycles. The van der Waals surface area contributed by atoms with Gasteiger partial charge in [-0.3, -0.25) is 4.79 Å². The molecule has 0 unspecified atom stereocenters. The average molecular weight is 375 g/mol. The first-order valence-corrected chi connectivity index (χ1v) is 9.35. The maximum Gasteiger partial charge on any atom is 0.346 e. The van der Waals surface area contributed by atoms with Crippen molar-refractivity contribution in [3.63, 3.8) is 0 Å². The Balaban J connectivity index is 1.68. The number of hydrogen-bond donors (Lipinski definition) is 2. The molecular weight excluding hydrogens is 354 g/mol. The minimum Gasteiger partial charge on any atom is -0.497 e. The lowest BCUT2D eigenvalue weighted by atomic mass is 9.98. The van der Waals surface area contributed by atoms with Gasteiger partial charge < -0.3 is 19.8 Å². The molecule has 138 valence electrons. The van der Waals surface area contributed by atoms with Crippen molar-refractivity contribution in [2.75, 3.05) is 25.3 Å². The largest absolute Gasteiger partial charge is 0.497 e. The Kier molecular flexibility index (Phi) is 5.82. The van der Waals surface area contributed by atoms with Gasteiger partial charge in [0.25, 0.3) is 0 Å². The van der Waals surface area contributed by atoms with E-state index >= 15 is 0 Å². The predicted molar refractivity (Wildman–Crippen MR) is 100 cm³/mol. The molecule has 8 heteroatoms. The zero-order valence-corrected chi connectivity index (χ0v) is 15.6. The van der Waals surface area contributed by atoms with Gasteiger partial charge in [0.1, 0.15) is 16.5 Å². The highest BCUT2D eigenvalue weighted by atomic mass is 32.2. The van der Waals surface area contributed by atoms with Crippen LogP contribution in [0.2, 0.25) is 0 Å². The van der Waals surface area contributed by atoms with E-state index in [1.807, 2.05) is 0 Å². The molecule has 1 aliphatic rings. The van der Waals surface area contributed by atoms with E-state index in [9.17, 15) is 9.59 Å². The second kappa shape index (κ2) is 8.27. The number of aromatic nitrogens is 2. The van der Waals surface area contributed by atoms with Crippen molar-refractivity contribution in [2.45, 2.75) is 30.7 Å². The van der Waals surface area contributed by atoms with E-state index in [0.29, 0.717) is 22.2 Å². The van der Waals surface area contributed by atoms with Crippen molar-refractivity contribution in [1.82, 2.24) is 9.97 Å². The summed E-state index contributed by atoms with van der Waals surface area (Å²) in [5.74, 6) is 1.18. The summed E-state index contributed by atoms with van der Waals surface area (Å²) in [6.45, 7) is 0. The number of fused-ring (bicyclic) bond motifs is 1. The number of aromatic amines is 1. The van der Waals surface area contributed by atoms with Crippen molar-refractivity contribution < 1.29 is 14.3 Å². The van der Waals surface area contributed by atoms with Gasteiger partial charge >= 0.3 is 5.69 Å². The van der Waals surface area contributed by atoms with Gasteiger partial charge in [0.2, 0.25) is 5.91 Å². The van der Waals surface area contributed by atoms with E-state index in [2.05, 4.69) is 15.3 Å². The van der Waals surface area contributed by atoms with Crippen LogP contribution in [-0.2, 0) is 17.6 Å². The summed E-state index contributed by atoms with van der Waals surface area (Å²) >= 11 is 1.29. The Morgan fingerprint density at radius 2 is 1.88 bits per heavy atom. The summed E-state index contributed by atoms with van der Waals surface area (Å²) in [6.07, 6.45) is 3.88. The van der Waals surface area contributed by atoms with Gasteiger partial charge in [-0.1, -0.05) is 11.8 Å². The lowest BCUT2D eigenvalue weighted by Crippen LogP contribution is -2.21. The maximum atomic E-state index is 12.3. The van der Waals surface area contributed by atoms with E-state index in [-0.39, 0.29) is 17.3 Å². The minimum absolute atomic E-state index is 0.169. The lowest BCUT2D eigenvalue weighted by molar-refractivity contribution is -0.113. The van der Waals surface area contributed by atoms with Gasteiger partial charge in [-0.25, -0.2) is 4.79 Å². The van der Waals surface area contributed by atoms with E-state index < -0.39 is 0 Å². The molecule has 7 nitrogen and oxygen atoms in total. The smallest absolute Gasteiger partial charge is 0.346 e. The third-order valence-electron chi connectivity index (χ3n) is 4.16. The van der Waals surface area contributed by atoms with Gasteiger partial charge in [-0.05, 0) is 25.7 Å². The lowest BCUT2D eigenvalue weighted by Gasteiger charge is -2.17. The fourth-order valence-electron chi connectivity index (χ4n) is 2.93. The molecule has 0 bridgehead atoms. The van der Waals surface area contributed by atoms with Crippen molar-refractivity contribution >= 4 is 23.4 Å². The van der Waals surface area contributed by atoms with Gasteiger partial charge in [0, 0.05) is 35.1 Å². The van der Waals surface area contributed by atoms with Crippen molar-refractivity contribution in [3.8, 4) is 11.5 Å². The fourth-order valence-corrected chi connectivity index (χ4v) is 3.81. The molecule has 1 aromatic carbocycles. The number of anilines is 1. The summed E-state index contributed by atoms with van der Waals surface area (Å²) in [6, 6.07) is 5.17. The minimum atomic E-state index is -0.355. The van der Waals surface area contributed by atoms with Crippen LogP contribution >= 0.6 is 11.8 Å². The third-order valence-corrected chi connectivity index (χ3v) is 5.18. The molecule has 0 aliphatic heterocycles. The number of ether oxygens (including phenoxy) is 2. The Labute approximate surface area is 155 Å². The van der Waals surface area contributed by atoms with Crippen LogP contribution in [0.15, 0.2) is 28.0 Å². The predicted octanol–water partition coefficient (Wildman–Crippen LogP) is 2.40. The zero-order valence-electron chi connectivity index (χ0n) is 14.8. The monoisotopic (exact) mass is 375 g/mol. The second-order valence-corrected chi connectivity index (χ2v) is 6.91. The molecule has 3 rings (SSSR count). The highest BCUT2D eigenvalue weighted by Gasteiger charge is 2.17. The van der Waals surface area contributed by atoms with E-state index in [4.69, 9.17) is 9.47 Å². The van der Waals surface area contributed by atoms with Crippen LogP contribution in [0, 0.1) is 0 Å². The van der Waals surface area contributed by atoms with Gasteiger partial charge in [-0.2, -0.15) is 4.98 Å². The van der Waals surface area contributed by atoms with Crippen LogP contribution in [0.4, 0.5) is 5.69 Å². The number of aryl methyl sites for hydroxylation is 1. The molecular formula is C18H21N3O4S. The first kappa shape index (κ1) is 18.3. The van der Waals surface area contributed by atoms with Crippen LogP contribution < -0.4 is 20.5 Å². The first-order valence-electron chi connectivity index (χ1n) is 8.37. The van der Waals surface area contributed by atoms with Gasteiger partial charge in [0.05, 0.1) is 20.0 Å². The van der Waals surface area contributed by atoms with Crippen LogP contribution in [0.1, 0.15) is 24.1 Å². The molecule has 0 atom stereocenters. The number of carbonyl (C=O) groups excluding carboxylic acids is 1. The number of nitrogens with one attached hydrogen (secondary N) is 2. The number of hydrogen-bond acceptors (Lipinski definition) is 6. The Hall–Kier alpha value is -2.48. The standard InChI is InChI=1S/C18H21N3O4S/c1-24-12-7-11(8-13(9-12)25-2)19-16(22)10-26-17-14-5-3-4-6-15(14)20-18(23)21-17/h7-9H,3-6,10H2,1-2H3,(H,19,22)(H,20,21,23). The number of carbonyl (C=O) groups is 1. The van der Waals surface area contributed by atoms with Gasteiger partial charge in [-0.15, -0.1) is 0 Å². The molecule has 0 fully saturated rings. The number of benzene rings is 1. The van der Waals surface area contributed by atoms with Gasteiger partial charge in [0.15, 0.2) is 0 Å². The van der Waals surface area contributed by atoms with Crippen LogP contribution in [0.5, 0.6) is 11.5 Å².